The smallest absolute Gasteiger partial charge is 0.291 e. The number of hydrogen-bond acceptors (Lipinski definition) is 10. The van der Waals surface area contributed by atoms with Crippen LogP contribution in [0.2, 0.25) is 0 Å². The molecule has 3 aliphatic rings. The zero-order valence-electron chi connectivity index (χ0n) is 24.7. The van der Waals surface area contributed by atoms with Crippen molar-refractivity contribution in [2.45, 2.75) is 36.6 Å². The van der Waals surface area contributed by atoms with Crippen LogP contribution in [-0.2, 0) is 21.0 Å². The highest BCUT2D eigenvalue weighted by Gasteiger charge is 2.41. The highest BCUT2D eigenvalue weighted by Crippen LogP contribution is 2.36. The zero-order chi connectivity index (χ0) is 31.1. The van der Waals surface area contributed by atoms with E-state index in [-0.39, 0.29) is 34.4 Å². The van der Waals surface area contributed by atoms with Crippen LogP contribution >= 0.6 is 0 Å². The van der Waals surface area contributed by atoms with Crippen molar-refractivity contribution in [3.63, 3.8) is 0 Å². The minimum absolute atomic E-state index is 0.0109. The van der Waals surface area contributed by atoms with E-state index in [0.717, 1.165) is 35.9 Å². The van der Waals surface area contributed by atoms with Gasteiger partial charge in [-0.3, -0.25) is 14.9 Å². The molecule has 1 amide bonds. The Balaban J connectivity index is 1.12. The molecule has 3 aliphatic heterocycles. The number of ether oxygens (including phenoxy) is 1. The monoisotopic (exact) mass is 627 g/mol. The zero-order valence-corrected chi connectivity index (χ0v) is 25.5. The Bertz CT molecular complexity index is 1940. The van der Waals surface area contributed by atoms with Gasteiger partial charge in [0.05, 0.1) is 36.8 Å². The summed E-state index contributed by atoms with van der Waals surface area (Å²) in [6, 6.07) is 13.7. The van der Waals surface area contributed by atoms with Gasteiger partial charge in [-0.15, -0.1) is 0 Å². The topological polar surface area (TPSA) is 174 Å². The summed E-state index contributed by atoms with van der Waals surface area (Å²) >= 11 is 0. The van der Waals surface area contributed by atoms with Crippen LogP contribution in [0.3, 0.4) is 0 Å². The molecule has 7 heterocycles. The molecule has 232 valence electrons. The third kappa shape index (κ3) is 5.55. The summed E-state index contributed by atoms with van der Waals surface area (Å²) < 4.78 is 33.2. The summed E-state index contributed by atoms with van der Waals surface area (Å²) in [7, 11) is -3.69. The van der Waals surface area contributed by atoms with Crippen LogP contribution in [0.5, 0.6) is 0 Å². The number of aromatic amines is 1. The van der Waals surface area contributed by atoms with E-state index in [4.69, 9.17) is 15.5 Å². The number of nitrogens with two attached hydrogens (primary N) is 1. The van der Waals surface area contributed by atoms with E-state index in [2.05, 4.69) is 25.3 Å². The number of hydrogen-bond donors (Lipinski definition) is 2. The van der Waals surface area contributed by atoms with Gasteiger partial charge in [0.1, 0.15) is 17.0 Å². The molecule has 0 saturated carbocycles. The maximum absolute atomic E-state index is 13.0. The number of fused-ring (bicyclic) bond motifs is 5. The molecule has 13 nitrogen and oxygen atoms in total. The molecule has 3 saturated heterocycles. The van der Waals surface area contributed by atoms with Crippen molar-refractivity contribution in [1.29, 1.82) is 0 Å². The third-order valence-corrected chi connectivity index (χ3v) is 10.0. The highest BCUT2D eigenvalue weighted by molar-refractivity contribution is 7.91. The van der Waals surface area contributed by atoms with Gasteiger partial charge >= 0.3 is 0 Å². The van der Waals surface area contributed by atoms with Crippen LogP contribution in [0.4, 0.5) is 5.82 Å². The average molecular weight is 628 g/mol. The lowest BCUT2D eigenvalue weighted by Gasteiger charge is -2.40. The number of sulfone groups is 1. The molecule has 5 aromatic rings. The second kappa shape index (κ2) is 11.7. The number of carbonyl (C=O) groups excluding carboxylic acids is 1. The van der Waals surface area contributed by atoms with Crippen LogP contribution < -0.4 is 5.73 Å². The number of H-pyrrole nitrogens is 1. The second-order valence-electron chi connectivity index (χ2n) is 11.8. The first-order valence-corrected chi connectivity index (χ1v) is 16.8. The molecule has 2 bridgehead atoms. The van der Waals surface area contributed by atoms with E-state index >= 15 is 0 Å². The molecule has 4 aromatic heterocycles. The van der Waals surface area contributed by atoms with Gasteiger partial charge in [-0.2, -0.15) is 14.7 Å². The van der Waals surface area contributed by atoms with Gasteiger partial charge in [0.15, 0.2) is 15.5 Å². The van der Waals surface area contributed by atoms with E-state index in [9.17, 15) is 13.2 Å². The molecule has 3 fully saturated rings. The number of piperidine rings is 1. The summed E-state index contributed by atoms with van der Waals surface area (Å²) in [5.41, 5.74) is 10.7. The van der Waals surface area contributed by atoms with Crippen molar-refractivity contribution in [3.8, 4) is 22.4 Å². The van der Waals surface area contributed by atoms with E-state index in [0.29, 0.717) is 55.4 Å². The van der Waals surface area contributed by atoms with Gasteiger partial charge in [0, 0.05) is 41.6 Å². The van der Waals surface area contributed by atoms with Crippen LogP contribution in [0.1, 0.15) is 35.6 Å². The maximum Gasteiger partial charge on any atom is 0.291 e. The molecule has 3 N–H and O–H groups in total. The summed E-state index contributed by atoms with van der Waals surface area (Å²) in [5.74, 6) is 0.588. The lowest BCUT2D eigenvalue weighted by molar-refractivity contribution is 0.0458. The van der Waals surface area contributed by atoms with Gasteiger partial charge in [-0.25, -0.2) is 18.4 Å². The van der Waals surface area contributed by atoms with Crippen molar-refractivity contribution >= 4 is 27.2 Å². The first-order chi connectivity index (χ1) is 21.8. The lowest BCUT2D eigenvalue weighted by atomic mass is 9.80. The van der Waals surface area contributed by atoms with Gasteiger partial charge in [0.2, 0.25) is 5.82 Å². The molecular weight excluding hydrogens is 594 g/mol. The number of benzene rings is 1. The number of aromatic nitrogens is 7. The fraction of sp³-hybridized carbons (Fsp3) is 0.355. The quantitative estimate of drug-likeness (QED) is 0.260. The summed E-state index contributed by atoms with van der Waals surface area (Å²) in [4.78, 5) is 28.4. The molecule has 45 heavy (non-hydrogen) atoms. The Hall–Kier alpha value is -4.69. The number of nitrogens with one attached hydrogen (secondary N) is 1. The number of amides is 1. The number of rotatable bonds is 8. The number of nitrogens with zero attached hydrogens (tertiary/aromatic N) is 7. The van der Waals surface area contributed by atoms with E-state index in [1.54, 1.807) is 12.4 Å². The van der Waals surface area contributed by atoms with Crippen molar-refractivity contribution in [2.24, 2.45) is 11.8 Å². The van der Waals surface area contributed by atoms with Crippen LogP contribution in [0, 0.1) is 11.8 Å². The van der Waals surface area contributed by atoms with E-state index in [1.807, 2.05) is 47.4 Å². The van der Waals surface area contributed by atoms with Crippen molar-refractivity contribution in [3.05, 3.63) is 72.7 Å². The SMILES string of the molecule is CS(=O)(=O)c1c(CCCC2CC3COCC2CN3C(=O)c2ncn[nH]2)nc2c(-c3ccc(-c4ccccc4)nc3)cnn2c1N. The number of pyridine rings is 1. The molecule has 0 radical (unpaired) electrons. The van der Waals surface area contributed by atoms with Crippen molar-refractivity contribution in [2.75, 3.05) is 31.7 Å². The van der Waals surface area contributed by atoms with Gasteiger partial charge in [-0.05, 0) is 37.7 Å². The number of anilines is 1. The Morgan fingerprint density at radius 2 is 1.93 bits per heavy atom. The largest absolute Gasteiger partial charge is 0.382 e. The first kappa shape index (κ1) is 29.0. The standard InChI is InChI=1S/C31H33N9O4S/c1-45(42,43)27-26(9-5-8-20-12-23-17-44-16-22(20)15-39(23)31(41)29-34-18-35-38-29)37-30-24(14-36-40(30)28(27)32)21-10-11-25(33-13-21)19-6-3-2-4-7-19/h2-4,6-7,10-11,13-14,18,20,22-23H,5,8-9,12,15-17,32H2,1H3,(H,34,35,38). The van der Waals surface area contributed by atoms with Crippen LogP contribution in [0.15, 0.2) is 66.1 Å². The molecule has 3 unspecified atom stereocenters. The van der Waals surface area contributed by atoms with Gasteiger partial charge < -0.3 is 15.4 Å². The third-order valence-electron chi connectivity index (χ3n) is 8.85. The lowest BCUT2D eigenvalue weighted by Crippen LogP contribution is -2.50. The number of aryl methyl sites for hydroxylation is 1. The predicted molar refractivity (Wildman–Crippen MR) is 166 cm³/mol. The van der Waals surface area contributed by atoms with Crippen molar-refractivity contribution < 1.29 is 17.9 Å². The maximum atomic E-state index is 13.0. The average Bonchev–Trinajstić information content (AvgIpc) is 3.63. The number of nitrogen functional groups attached to an aromatic ring is 1. The summed E-state index contributed by atoms with van der Waals surface area (Å²) in [6.45, 7) is 1.63. The summed E-state index contributed by atoms with van der Waals surface area (Å²) in [6.07, 6.45) is 8.65. The highest BCUT2D eigenvalue weighted by atomic mass is 32.2. The van der Waals surface area contributed by atoms with E-state index in [1.165, 1.54) is 10.8 Å². The Morgan fingerprint density at radius 1 is 1.09 bits per heavy atom. The normalized spacial score (nSPS) is 20.0. The Labute approximate surface area is 259 Å². The second-order valence-corrected chi connectivity index (χ2v) is 13.7. The van der Waals surface area contributed by atoms with E-state index < -0.39 is 9.84 Å². The molecule has 1 aromatic carbocycles. The molecule has 8 rings (SSSR count). The van der Waals surface area contributed by atoms with Crippen LogP contribution in [-0.4, -0.2) is 86.0 Å². The summed E-state index contributed by atoms with van der Waals surface area (Å²) in [5, 5.41) is 10.9. The van der Waals surface area contributed by atoms with Gasteiger partial charge in [-0.1, -0.05) is 36.4 Å². The Kier molecular flexibility index (Phi) is 7.53. The molecule has 14 heteroatoms. The molecular formula is C31H33N9O4S. The molecule has 0 spiro atoms. The Morgan fingerprint density at radius 3 is 2.67 bits per heavy atom. The minimum atomic E-state index is -3.69. The predicted octanol–water partition coefficient (Wildman–Crippen LogP) is 3.06. The van der Waals surface area contributed by atoms with Crippen LogP contribution in [0.25, 0.3) is 28.0 Å². The fourth-order valence-corrected chi connectivity index (χ4v) is 7.70. The fourth-order valence-electron chi connectivity index (χ4n) is 6.66. The number of carbonyl (C=O) groups is 1. The first-order valence-electron chi connectivity index (χ1n) is 14.9. The minimum Gasteiger partial charge on any atom is -0.382 e. The van der Waals surface area contributed by atoms with Crippen molar-refractivity contribution in [1.82, 2.24) is 39.7 Å². The molecule has 3 atom stereocenters. The van der Waals surface area contributed by atoms with Gasteiger partial charge in [0.25, 0.3) is 5.91 Å². The molecule has 0 aliphatic carbocycles.